The Hall–Kier alpha value is -1.20. The van der Waals surface area contributed by atoms with E-state index in [0.29, 0.717) is 25.3 Å². The molecule has 1 fully saturated rings. The number of hydrogen-bond acceptors (Lipinski definition) is 3. The van der Waals surface area contributed by atoms with E-state index in [1.54, 1.807) is 11.9 Å². The zero-order chi connectivity index (χ0) is 15.6. The Morgan fingerprint density at radius 3 is 2.38 bits per heavy atom. The van der Waals surface area contributed by atoms with E-state index in [4.69, 9.17) is 4.74 Å². The van der Waals surface area contributed by atoms with Crippen LogP contribution in [0.5, 0.6) is 0 Å². The van der Waals surface area contributed by atoms with Crippen LogP contribution in [-0.2, 0) is 11.3 Å². The number of nitrogens with zero attached hydrogens (tertiary/aromatic N) is 1. The molecule has 0 spiro atoms. The molecule has 0 aliphatic carbocycles. The number of rotatable bonds is 4. The summed E-state index contributed by atoms with van der Waals surface area (Å²) in [5.41, 5.74) is 0.550. The number of hydrogen-bond donors (Lipinski definition) is 1. The predicted molar refractivity (Wildman–Crippen MR) is 80.6 cm³/mol. The van der Waals surface area contributed by atoms with Crippen molar-refractivity contribution in [1.82, 2.24) is 5.32 Å². The minimum atomic E-state index is -0.518. The lowest BCUT2D eigenvalue weighted by Crippen LogP contribution is -2.35. The quantitative estimate of drug-likeness (QED) is 0.924. The number of likely N-dealkylation sites (N-methyl/N-ethyl adjacent to an activating group) is 1. The molecule has 1 aromatic rings. The van der Waals surface area contributed by atoms with Crippen molar-refractivity contribution in [3.05, 3.63) is 29.3 Å². The monoisotopic (exact) mass is 298 g/mol. The Bertz CT molecular complexity index is 471. The summed E-state index contributed by atoms with van der Waals surface area (Å²) in [4.78, 5) is 1.65. The fourth-order valence-corrected chi connectivity index (χ4v) is 2.43. The van der Waals surface area contributed by atoms with E-state index in [9.17, 15) is 8.78 Å². The van der Waals surface area contributed by atoms with Crippen molar-refractivity contribution in [1.29, 1.82) is 0 Å². The highest BCUT2D eigenvalue weighted by Crippen LogP contribution is 2.28. The van der Waals surface area contributed by atoms with Crippen LogP contribution in [-0.4, -0.2) is 31.8 Å². The standard InChI is InChI=1S/C16H24F2N2O/c1-16(2,3)19-9-11-7-13(17)15(14(18)8-11)20(4)12-5-6-21-10-12/h7-8,12,19H,5-6,9-10H2,1-4H3. The van der Waals surface area contributed by atoms with Gasteiger partial charge in [-0.1, -0.05) is 0 Å². The fraction of sp³-hybridized carbons (Fsp3) is 0.625. The highest BCUT2D eigenvalue weighted by molar-refractivity contribution is 5.51. The minimum Gasteiger partial charge on any atom is -0.379 e. The molecule has 21 heavy (non-hydrogen) atoms. The summed E-state index contributed by atoms with van der Waals surface area (Å²) in [6.45, 7) is 7.65. The molecule has 5 heteroatoms. The molecule has 0 radical (unpaired) electrons. The van der Waals surface area contributed by atoms with E-state index in [1.807, 2.05) is 20.8 Å². The van der Waals surface area contributed by atoms with Crippen molar-refractivity contribution in [2.45, 2.75) is 45.3 Å². The number of halogens is 2. The maximum absolute atomic E-state index is 14.3. The highest BCUT2D eigenvalue weighted by Gasteiger charge is 2.25. The third-order valence-electron chi connectivity index (χ3n) is 3.71. The Morgan fingerprint density at radius 2 is 1.90 bits per heavy atom. The lowest BCUT2D eigenvalue weighted by atomic mass is 10.1. The topological polar surface area (TPSA) is 24.5 Å². The first-order valence-corrected chi connectivity index (χ1v) is 7.31. The van der Waals surface area contributed by atoms with Crippen molar-refractivity contribution in [3.8, 4) is 0 Å². The predicted octanol–water partition coefficient (Wildman–Crippen LogP) is 3.08. The summed E-state index contributed by atoms with van der Waals surface area (Å²) in [6.07, 6.45) is 0.794. The molecule has 3 nitrogen and oxygen atoms in total. The Balaban J connectivity index is 2.16. The first kappa shape index (κ1) is 16.2. The summed E-state index contributed by atoms with van der Waals surface area (Å²) >= 11 is 0. The second-order valence-electron chi connectivity index (χ2n) is 6.64. The summed E-state index contributed by atoms with van der Waals surface area (Å²) in [7, 11) is 1.72. The van der Waals surface area contributed by atoms with Gasteiger partial charge < -0.3 is 15.0 Å². The molecule has 1 atom stereocenters. The van der Waals surface area contributed by atoms with Crippen molar-refractivity contribution >= 4 is 5.69 Å². The van der Waals surface area contributed by atoms with E-state index in [2.05, 4.69) is 5.32 Å². The van der Waals surface area contributed by atoms with Crippen LogP contribution in [0.25, 0.3) is 0 Å². The molecule has 1 aromatic carbocycles. The van der Waals surface area contributed by atoms with Gasteiger partial charge in [0.15, 0.2) is 0 Å². The van der Waals surface area contributed by atoms with Gasteiger partial charge in [-0.05, 0) is 44.9 Å². The van der Waals surface area contributed by atoms with E-state index >= 15 is 0 Å². The molecule has 0 bridgehead atoms. The Morgan fingerprint density at radius 1 is 1.29 bits per heavy atom. The normalized spacial score (nSPS) is 19.0. The molecular weight excluding hydrogens is 274 g/mol. The first-order chi connectivity index (χ1) is 9.78. The van der Waals surface area contributed by atoms with Gasteiger partial charge in [-0.2, -0.15) is 0 Å². The Labute approximate surface area is 125 Å². The van der Waals surface area contributed by atoms with Crippen LogP contribution in [0, 0.1) is 11.6 Å². The molecule has 0 saturated carbocycles. The first-order valence-electron chi connectivity index (χ1n) is 7.31. The van der Waals surface area contributed by atoms with Crippen LogP contribution in [0.2, 0.25) is 0 Å². The fourth-order valence-electron chi connectivity index (χ4n) is 2.43. The van der Waals surface area contributed by atoms with Crippen molar-refractivity contribution < 1.29 is 13.5 Å². The largest absolute Gasteiger partial charge is 0.379 e. The number of benzene rings is 1. The Kier molecular flexibility index (Phi) is 4.84. The molecule has 0 amide bonds. The van der Waals surface area contributed by atoms with Gasteiger partial charge in [0.05, 0.1) is 12.6 Å². The van der Waals surface area contributed by atoms with Crippen LogP contribution in [0.15, 0.2) is 12.1 Å². The average Bonchev–Trinajstić information content (AvgIpc) is 2.88. The van der Waals surface area contributed by atoms with Gasteiger partial charge in [0.25, 0.3) is 0 Å². The minimum absolute atomic E-state index is 0.0324. The molecule has 1 aliphatic heterocycles. The second-order valence-corrected chi connectivity index (χ2v) is 6.64. The molecule has 1 heterocycles. The van der Waals surface area contributed by atoms with Crippen LogP contribution in [0.1, 0.15) is 32.8 Å². The molecular formula is C16H24F2N2O. The summed E-state index contributed by atoms with van der Waals surface area (Å²) < 4.78 is 33.9. The van der Waals surface area contributed by atoms with Crippen molar-refractivity contribution in [2.24, 2.45) is 0 Å². The molecule has 1 unspecified atom stereocenters. The number of nitrogens with one attached hydrogen (secondary N) is 1. The third-order valence-corrected chi connectivity index (χ3v) is 3.71. The summed E-state index contributed by atoms with van der Waals surface area (Å²) in [5, 5.41) is 3.23. The lowest BCUT2D eigenvalue weighted by molar-refractivity contribution is 0.193. The highest BCUT2D eigenvalue weighted by atomic mass is 19.1. The van der Waals surface area contributed by atoms with Gasteiger partial charge in [0, 0.05) is 25.7 Å². The van der Waals surface area contributed by atoms with Gasteiger partial charge in [-0.15, -0.1) is 0 Å². The molecule has 1 aliphatic rings. The maximum Gasteiger partial charge on any atom is 0.149 e. The third kappa shape index (κ3) is 4.14. The van der Waals surface area contributed by atoms with Gasteiger partial charge in [0.2, 0.25) is 0 Å². The maximum atomic E-state index is 14.3. The van der Waals surface area contributed by atoms with Crippen LogP contribution in [0.4, 0.5) is 14.5 Å². The molecule has 0 aromatic heterocycles. The lowest BCUT2D eigenvalue weighted by Gasteiger charge is -2.27. The zero-order valence-electron chi connectivity index (χ0n) is 13.2. The van der Waals surface area contributed by atoms with Crippen molar-refractivity contribution in [3.63, 3.8) is 0 Å². The van der Waals surface area contributed by atoms with Crippen LogP contribution >= 0.6 is 0 Å². The number of anilines is 1. The van der Waals surface area contributed by atoms with E-state index in [0.717, 1.165) is 6.42 Å². The molecule has 118 valence electrons. The van der Waals surface area contributed by atoms with Gasteiger partial charge >= 0.3 is 0 Å². The molecule has 2 rings (SSSR count). The van der Waals surface area contributed by atoms with E-state index in [-0.39, 0.29) is 17.3 Å². The molecule has 1 N–H and O–H groups in total. The molecule has 1 saturated heterocycles. The summed E-state index contributed by atoms with van der Waals surface area (Å²) in [5.74, 6) is -1.04. The smallest absolute Gasteiger partial charge is 0.149 e. The van der Waals surface area contributed by atoms with Crippen LogP contribution in [0.3, 0.4) is 0 Å². The number of ether oxygens (including phenoxy) is 1. The van der Waals surface area contributed by atoms with Gasteiger partial charge in [-0.25, -0.2) is 8.78 Å². The second kappa shape index (κ2) is 6.28. The summed E-state index contributed by atoms with van der Waals surface area (Å²) in [6, 6.07) is 2.85. The van der Waals surface area contributed by atoms with E-state index < -0.39 is 11.6 Å². The van der Waals surface area contributed by atoms with E-state index in [1.165, 1.54) is 12.1 Å². The van der Waals surface area contributed by atoms with Gasteiger partial charge in [-0.3, -0.25) is 0 Å². The average molecular weight is 298 g/mol. The SMILES string of the molecule is CN(c1c(F)cc(CNC(C)(C)C)cc1F)C1CCOC1. The van der Waals surface area contributed by atoms with Gasteiger partial charge in [0.1, 0.15) is 17.3 Å². The van der Waals surface area contributed by atoms with Crippen molar-refractivity contribution in [2.75, 3.05) is 25.2 Å². The van der Waals surface area contributed by atoms with Crippen LogP contribution < -0.4 is 10.2 Å². The zero-order valence-corrected chi connectivity index (χ0v) is 13.2.